The topological polar surface area (TPSA) is 30.5 Å². The van der Waals surface area contributed by atoms with Crippen LogP contribution < -0.4 is 5.32 Å². The molecule has 2 heterocycles. The lowest BCUT2D eigenvalue weighted by atomic mass is 9.96. The van der Waals surface area contributed by atoms with E-state index in [1.54, 1.807) is 0 Å². The van der Waals surface area contributed by atoms with E-state index < -0.39 is 0 Å². The highest BCUT2D eigenvalue weighted by Crippen LogP contribution is 2.30. The fourth-order valence-electron chi connectivity index (χ4n) is 2.64. The minimum Gasteiger partial charge on any atom is -0.371 e. The Morgan fingerprint density at radius 1 is 1.31 bits per heavy atom. The van der Waals surface area contributed by atoms with E-state index in [0.717, 1.165) is 39.0 Å². The van der Waals surface area contributed by atoms with Gasteiger partial charge >= 0.3 is 0 Å². The lowest BCUT2D eigenvalue weighted by molar-refractivity contribution is -0.108. The molecule has 94 valence electrons. The molecule has 2 rings (SSSR count). The van der Waals surface area contributed by atoms with Crippen LogP contribution in [0.4, 0.5) is 0 Å². The molecule has 2 fully saturated rings. The molecule has 3 heteroatoms. The number of hydrogen-bond donors (Lipinski definition) is 1. The second-order valence-electron chi connectivity index (χ2n) is 6.08. The smallest absolute Gasteiger partial charge is 0.0817 e. The molecule has 0 aromatic rings. The zero-order valence-electron chi connectivity index (χ0n) is 10.8. The molecule has 0 saturated carbocycles. The van der Waals surface area contributed by atoms with Crippen molar-refractivity contribution in [1.82, 2.24) is 5.32 Å². The Balaban J connectivity index is 1.75. The average Bonchev–Trinajstić information content (AvgIpc) is 2.57. The van der Waals surface area contributed by atoms with Gasteiger partial charge in [-0.25, -0.2) is 0 Å². The predicted molar refractivity (Wildman–Crippen MR) is 64.6 cm³/mol. The Morgan fingerprint density at radius 2 is 2.12 bits per heavy atom. The minimum atomic E-state index is 0.0222. The molecule has 0 spiro atoms. The fourth-order valence-corrected chi connectivity index (χ4v) is 2.64. The normalized spacial score (nSPS) is 38.8. The van der Waals surface area contributed by atoms with E-state index in [-0.39, 0.29) is 11.2 Å². The molecule has 2 unspecified atom stereocenters. The third-order valence-corrected chi connectivity index (χ3v) is 3.73. The SMILES string of the molecule is CC1(C)CCC(COC2(C)CCCNC2)O1. The van der Waals surface area contributed by atoms with Gasteiger partial charge in [-0.2, -0.15) is 0 Å². The van der Waals surface area contributed by atoms with Crippen molar-refractivity contribution >= 4 is 0 Å². The molecule has 3 nitrogen and oxygen atoms in total. The third kappa shape index (κ3) is 3.19. The van der Waals surface area contributed by atoms with Gasteiger partial charge in [-0.3, -0.25) is 0 Å². The minimum absolute atomic E-state index is 0.0222. The third-order valence-electron chi connectivity index (χ3n) is 3.73. The van der Waals surface area contributed by atoms with Crippen LogP contribution in [-0.2, 0) is 9.47 Å². The van der Waals surface area contributed by atoms with Crippen molar-refractivity contribution in [1.29, 1.82) is 0 Å². The van der Waals surface area contributed by atoms with Crippen molar-refractivity contribution in [3.63, 3.8) is 0 Å². The lowest BCUT2D eigenvalue weighted by Crippen LogP contribution is -2.46. The molecule has 0 bridgehead atoms. The van der Waals surface area contributed by atoms with Crippen LogP contribution in [0.2, 0.25) is 0 Å². The molecular formula is C13H25NO2. The quantitative estimate of drug-likeness (QED) is 0.801. The van der Waals surface area contributed by atoms with Gasteiger partial charge in [-0.15, -0.1) is 0 Å². The van der Waals surface area contributed by atoms with Crippen molar-refractivity contribution < 1.29 is 9.47 Å². The van der Waals surface area contributed by atoms with Gasteiger partial charge < -0.3 is 14.8 Å². The Labute approximate surface area is 98.9 Å². The largest absolute Gasteiger partial charge is 0.371 e. The van der Waals surface area contributed by atoms with E-state index in [9.17, 15) is 0 Å². The Hall–Kier alpha value is -0.120. The van der Waals surface area contributed by atoms with Crippen LogP contribution in [0.15, 0.2) is 0 Å². The zero-order chi connectivity index (χ0) is 11.6. The Bertz CT molecular complexity index is 234. The van der Waals surface area contributed by atoms with Crippen LogP contribution in [0.3, 0.4) is 0 Å². The summed E-state index contributed by atoms with van der Waals surface area (Å²) >= 11 is 0. The van der Waals surface area contributed by atoms with E-state index in [1.807, 2.05) is 0 Å². The molecular weight excluding hydrogens is 202 g/mol. The molecule has 0 aromatic carbocycles. The summed E-state index contributed by atoms with van der Waals surface area (Å²) in [6.45, 7) is 9.39. The summed E-state index contributed by atoms with van der Waals surface area (Å²) in [5.41, 5.74) is 0.0775. The number of nitrogens with one attached hydrogen (secondary N) is 1. The van der Waals surface area contributed by atoms with E-state index in [2.05, 4.69) is 26.1 Å². The zero-order valence-corrected chi connectivity index (χ0v) is 10.8. The van der Waals surface area contributed by atoms with Gasteiger partial charge in [0.05, 0.1) is 23.9 Å². The number of piperidine rings is 1. The first-order valence-electron chi connectivity index (χ1n) is 6.52. The van der Waals surface area contributed by atoms with Crippen LogP contribution in [-0.4, -0.2) is 37.0 Å². The first-order chi connectivity index (χ1) is 7.49. The lowest BCUT2D eigenvalue weighted by Gasteiger charge is -2.35. The second kappa shape index (κ2) is 4.63. The van der Waals surface area contributed by atoms with Gasteiger partial charge in [0.1, 0.15) is 0 Å². The highest BCUT2D eigenvalue weighted by atomic mass is 16.6. The predicted octanol–water partition coefficient (Wildman–Crippen LogP) is 2.10. The van der Waals surface area contributed by atoms with E-state index in [0.29, 0.717) is 6.10 Å². The van der Waals surface area contributed by atoms with Crippen molar-refractivity contribution in [2.75, 3.05) is 19.7 Å². The van der Waals surface area contributed by atoms with Crippen molar-refractivity contribution in [2.24, 2.45) is 0 Å². The standard InChI is InChI=1S/C13H25NO2/c1-12(2)7-5-11(16-12)9-15-13(3)6-4-8-14-10-13/h11,14H,4-10H2,1-3H3. The summed E-state index contributed by atoms with van der Waals surface area (Å²) < 4.78 is 12.0. The van der Waals surface area contributed by atoms with Gasteiger partial charge in [0.2, 0.25) is 0 Å². The summed E-state index contributed by atoms with van der Waals surface area (Å²) in [4.78, 5) is 0. The van der Waals surface area contributed by atoms with Gasteiger partial charge in [-0.05, 0) is 53.0 Å². The van der Waals surface area contributed by atoms with Gasteiger partial charge in [0.25, 0.3) is 0 Å². The van der Waals surface area contributed by atoms with Crippen LogP contribution in [0.1, 0.15) is 46.5 Å². The van der Waals surface area contributed by atoms with Crippen LogP contribution in [0.25, 0.3) is 0 Å². The molecule has 0 radical (unpaired) electrons. The summed E-state index contributed by atoms with van der Waals surface area (Å²) in [7, 11) is 0. The Kier molecular flexibility index (Phi) is 3.57. The summed E-state index contributed by atoms with van der Waals surface area (Å²) in [5, 5.41) is 3.40. The van der Waals surface area contributed by atoms with Crippen LogP contribution in [0, 0.1) is 0 Å². The Morgan fingerprint density at radius 3 is 2.69 bits per heavy atom. The molecule has 2 aliphatic heterocycles. The maximum atomic E-state index is 6.06. The highest BCUT2D eigenvalue weighted by Gasteiger charge is 2.34. The summed E-state index contributed by atoms with van der Waals surface area (Å²) in [6.07, 6.45) is 4.96. The first-order valence-corrected chi connectivity index (χ1v) is 6.52. The molecule has 0 aliphatic carbocycles. The molecule has 1 N–H and O–H groups in total. The molecule has 16 heavy (non-hydrogen) atoms. The van der Waals surface area contributed by atoms with Crippen molar-refractivity contribution in [2.45, 2.75) is 63.8 Å². The molecule has 0 amide bonds. The van der Waals surface area contributed by atoms with Gasteiger partial charge in [0, 0.05) is 6.54 Å². The van der Waals surface area contributed by atoms with Crippen LogP contribution >= 0.6 is 0 Å². The summed E-state index contributed by atoms with van der Waals surface area (Å²) in [5.74, 6) is 0. The first kappa shape index (κ1) is 12.3. The molecule has 2 aliphatic rings. The van der Waals surface area contributed by atoms with Crippen molar-refractivity contribution in [3.05, 3.63) is 0 Å². The fraction of sp³-hybridized carbons (Fsp3) is 1.00. The van der Waals surface area contributed by atoms with Gasteiger partial charge in [-0.1, -0.05) is 0 Å². The monoisotopic (exact) mass is 227 g/mol. The van der Waals surface area contributed by atoms with Crippen LogP contribution in [0.5, 0.6) is 0 Å². The number of rotatable bonds is 3. The molecule has 2 atom stereocenters. The highest BCUT2D eigenvalue weighted by molar-refractivity contribution is 4.85. The average molecular weight is 227 g/mol. The maximum absolute atomic E-state index is 6.06. The maximum Gasteiger partial charge on any atom is 0.0817 e. The van der Waals surface area contributed by atoms with E-state index in [4.69, 9.17) is 9.47 Å². The number of hydrogen-bond acceptors (Lipinski definition) is 3. The molecule has 2 saturated heterocycles. The van der Waals surface area contributed by atoms with E-state index in [1.165, 1.54) is 6.42 Å². The van der Waals surface area contributed by atoms with E-state index >= 15 is 0 Å². The van der Waals surface area contributed by atoms with Gasteiger partial charge in [0.15, 0.2) is 0 Å². The van der Waals surface area contributed by atoms with Crippen molar-refractivity contribution in [3.8, 4) is 0 Å². The molecule has 0 aromatic heterocycles. The summed E-state index contributed by atoms with van der Waals surface area (Å²) in [6, 6.07) is 0. The number of ether oxygens (including phenoxy) is 2. The second-order valence-corrected chi connectivity index (χ2v) is 6.08.